The van der Waals surface area contributed by atoms with Crippen LogP contribution in [0.25, 0.3) is 0 Å². The van der Waals surface area contributed by atoms with E-state index in [0.29, 0.717) is 19.7 Å². The van der Waals surface area contributed by atoms with Crippen LogP contribution in [0.5, 0.6) is 5.75 Å². The van der Waals surface area contributed by atoms with E-state index in [1.807, 2.05) is 29.5 Å². The maximum absolute atomic E-state index is 12.1. The fourth-order valence-corrected chi connectivity index (χ4v) is 2.56. The molecule has 1 aromatic rings. The number of hydrogen-bond donors (Lipinski definition) is 1. The molecule has 21 heavy (non-hydrogen) atoms. The van der Waals surface area contributed by atoms with E-state index in [-0.39, 0.29) is 29.9 Å². The van der Waals surface area contributed by atoms with E-state index in [9.17, 15) is 9.59 Å². The standard InChI is InChI=1S/C14H16INO5/c1-9-7-16(4-5-20-9)13(17)8-21-12-3-2-10(15)6-11(12)14(18)19/h2-3,6,9H,4-5,7-8H2,1H3,(H,18,19). The van der Waals surface area contributed by atoms with Crippen molar-refractivity contribution in [1.29, 1.82) is 0 Å². The normalized spacial score (nSPS) is 18.4. The second kappa shape index (κ2) is 7.08. The molecule has 1 aliphatic rings. The Labute approximate surface area is 136 Å². The number of hydrogen-bond acceptors (Lipinski definition) is 4. The van der Waals surface area contributed by atoms with Crippen LogP contribution in [0.1, 0.15) is 17.3 Å². The molecule has 1 aromatic carbocycles. The van der Waals surface area contributed by atoms with Crippen molar-refractivity contribution in [1.82, 2.24) is 4.90 Å². The van der Waals surface area contributed by atoms with Crippen LogP contribution in [0, 0.1) is 3.57 Å². The zero-order chi connectivity index (χ0) is 15.4. The van der Waals surface area contributed by atoms with Gasteiger partial charge in [0, 0.05) is 16.7 Å². The van der Waals surface area contributed by atoms with Crippen LogP contribution in [0.4, 0.5) is 0 Å². The smallest absolute Gasteiger partial charge is 0.339 e. The van der Waals surface area contributed by atoms with Crippen LogP contribution in [0.3, 0.4) is 0 Å². The molecule has 0 aromatic heterocycles. The van der Waals surface area contributed by atoms with Gasteiger partial charge in [0.1, 0.15) is 11.3 Å². The van der Waals surface area contributed by atoms with E-state index in [1.54, 1.807) is 17.0 Å². The minimum atomic E-state index is -1.07. The average Bonchev–Trinajstić information content (AvgIpc) is 2.45. The summed E-state index contributed by atoms with van der Waals surface area (Å²) in [5, 5.41) is 9.14. The van der Waals surface area contributed by atoms with Gasteiger partial charge >= 0.3 is 5.97 Å². The molecule has 6 nitrogen and oxygen atoms in total. The lowest BCUT2D eigenvalue weighted by molar-refractivity contribution is -0.140. The van der Waals surface area contributed by atoms with Gasteiger partial charge < -0.3 is 19.5 Å². The van der Waals surface area contributed by atoms with Crippen molar-refractivity contribution in [3.05, 3.63) is 27.3 Å². The molecule has 7 heteroatoms. The highest BCUT2D eigenvalue weighted by Gasteiger charge is 2.22. The molecule has 1 saturated heterocycles. The number of aromatic carboxylic acids is 1. The first-order valence-corrected chi connectivity index (χ1v) is 7.60. The molecule has 1 N–H and O–H groups in total. The maximum Gasteiger partial charge on any atom is 0.339 e. The number of morpholine rings is 1. The third-order valence-corrected chi connectivity index (χ3v) is 3.79. The van der Waals surface area contributed by atoms with Crippen LogP contribution in [-0.4, -0.2) is 54.3 Å². The molecular weight excluding hydrogens is 389 g/mol. The van der Waals surface area contributed by atoms with Gasteiger partial charge in [-0.15, -0.1) is 0 Å². The largest absolute Gasteiger partial charge is 0.483 e. The van der Waals surface area contributed by atoms with Crippen LogP contribution in [-0.2, 0) is 9.53 Å². The summed E-state index contributed by atoms with van der Waals surface area (Å²) >= 11 is 2.03. The van der Waals surface area contributed by atoms with E-state index < -0.39 is 5.97 Å². The molecule has 1 unspecified atom stereocenters. The highest BCUT2D eigenvalue weighted by Crippen LogP contribution is 2.21. The van der Waals surface area contributed by atoms with E-state index in [4.69, 9.17) is 14.6 Å². The van der Waals surface area contributed by atoms with Crippen LogP contribution in [0.2, 0.25) is 0 Å². The summed E-state index contributed by atoms with van der Waals surface area (Å²) in [6.45, 7) is 3.30. The number of amides is 1. The van der Waals surface area contributed by atoms with Crippen molar-refractivity contribution in [2.45, 2.75) is 13.0 Å². The molecule has 0 saturated carbocycles. The Kier molecular flexibility index (Phi) is 5.40. The first-order valence-electron chi connectivity index (χ1n) is 6.52. The lowest BCUT2D eigenvalue weighted by atomic mass is 10.2. The predicted octanol–water partition coefficient (Wildman–Crippen LogP) is 1.62. The molecule has 0 spiro atoms. The van der Waals surface area contributed by atoms with Crippen molar-refractivity contribution in [2.24, 2.45) is 0 Å². The Morgan fingerprint density at radius 1 is 1.52 bits per heavy atom. The lowest BCUT2D eigenvalue weighted by Gasteiger charge is -2.31. The number of ether oxygens (including phenoxy) is 2. The molecule has 0 radical (unpaired) electrons. The Morgan fingerprint density at radius 3 is 2.95 bits per heavy atom. The number of carboxylic acids is 1. The average molecular weight is 405 g/mol. The second-order valence-corrected chi connectivity index (χ2v) is 6.00. The van der Waals surface area contributed by atoms with Gasteiger partial charge in [-0.25, -0.2) is 4.79 Å². The van der Waals surface area contributed by atoms with Gasteiger partial charge in [0.2, 0.25) is 0 Å². The first-order chi connectivity index (χ1) is 9.97. The monoisotopic (exact) mass is 405 g/mol. The Bertz CT molecular complexity index is 548. The van der Waals surface area contributed by atoms with E-state index in [2.05, 4.69) is 0 Å². The first kappa shape index (κ1) is 16.0. The third-order valence-electron chi connectivity index (χ3n) is 3.12. The van der Waals surface area contributed by atoms with Gasteiger partial charge in [-0.3, -0.25) is 4.79 Å². The number of carbonyl (C=O) groups excluding carboxylic acids is 1. The number of carbonyl (C=O) groups is 2. The molecule has 1 fully saturated rings. The summed E-state index contributed by atoms with van der Waals surface area (Å²) in [5.41, 5.74) is 0.0602. The fraction of sp³-hybridized carbons (Fsp3) is 0.429. The Morgan fingerprint density at radius 2 is 2.29 bits per heavy atom. The molecular formula is C14H16INO5. The number of benzene rings is 1. The van der Waals surface area contributed by atoms with Gasteiger partial charge in [-0.1, -0.05) is 0 Å². The molecule has 1 aliphatic heterocycles. The van der Waals surface area contributed by atoms with Crippen LogP contribution in [0.15, 0.2) is 18.2 Å². The van der Waals surface area contributed by atoms with Crippen molar-refractivity contribution in [3.63, 3.8) is 0 Å². The zero-order valence-electron chi connectivity index (χ0n) is 11.5. The molecule has 1 heterocycles. The third kappa shape index (κ3) is 4.31. The van der Waals surface area contributed by atoms with Crippen molar-refractivity contribution < 1.29 is 24.2 Å². The topological polar surface area (TPSA) is 76.1 Å². The predicted molar refractivity (Wildman–Crippen MR) is 83.6 cm³/mol. The van der Waals surface area contributed by atoms with Crippen LogP contribution < -0.4 is 4.74 Å². The van der Waals surface area contributed by atoms with Crippen molar-refractivity contribution in [2.75, 3.05) is 26.3 Å². The molecule has 2 rings (SSSR count). The molecule has 114 valence electrons. The quantitative estimate of drug-likeness (QED) is 0.771. The minimum Gasteiger partial charge on any atom is -0.483 e. The zero-order valence-corrected chi connectivity index (χ0v) is 13.7. The fourth-order valence-electron chi connectivity index (χ4n) is 2.07. The summed E-state index contributed by atoms with van der Waals surface area (Å²) in [7, 11) is 0. The van der Waals surface area contributed by atoms with Crippen LogP contribution >= 0.6 is 22.6 Å². The van der Waals surface area contributed by atoms with E-state index in [1.165, 1.54) is 6.07 Å². The SMILES string of the molecule is CC1CN(C(=O)COc2ccc(I)cc2C(=O)O)CCO1. The molecule has 1 amide bonds. The Hall–Kier alpha value is -1.35. The van der Waals surface area contributed by atoms with Gasteiger partial charge in [0.05, 0.1) is 12.7 Å². The van der Waals surface area contributed by atoms with Gasteiger partial charge in [0.15, 0.2) is 6.61 Å². The van der Waals surface area contributed by atoms with Crippen molar-refractivity contribution in [3.8, 4) is 5.75 Å². The molecule has 1 atom stereocenters. The maximum atomic E-state index is 12.1. The second-order valence-electron chi connectivity index (χ2n) is 4.76. The lowest BCUT2D eigenvalue weighted by Crippen LogP contribution is -2.46. The highest BCUT2D eigenvalue weighted by atomic mass is 127. The van der Waals surface area contributed by atoms with E-state index in [0.717, 1.165) is 3.57 Å². The number of halogens is 1. The number of nitrogens with zero attached hydrogens (tertiary/aromatic N) is 1. The summed E-state index contributed by atoms with van der Waals surface area (Å²) in [4.78, 5) is 24.9. The summed E-state index contributed by atoms with van der Waals surface area (Å²) in [6, 6.07) is 4.82. The highest BCUT2D eigenvalue weighted by molar-refractivity contribution is 14.1. The Balaban J connectivity index is 1.99. The molecule has 0 bridgehead atoms. The van der Waals surface area contributed by atoms with Gasteiger partial charge in [0.25, 0.3) is 5.91 Å². The molecule has 0 aliphatic carbocycles. The summed E-state index contributed by atoms with van der Waals surface area (Å²) < 4.78 is 11.6. The van der Waals surface area contributed by atoms with Crippen molar-refractivity contribution >= 4 is 34.5 Å². The summed E-state index contributed by atoms with van der Waals surface area (Å²) in [6.07, 6.45) is 0.00980. The number of carboxylic acid groups (broad SMARTS) is 1. The summed E-state index contributed by atoms with van der Waals surface area (Å²) in [5.74, 6) is -1.03. The number of rotatable bonds is 4. The minimum absolute atomic E-state index is 0.00980. The van der Waals surface area contributed by atoms with Gasteiger partial charge in [-0.2, -0.15) is 0 Å². The van der Waals surface area contributed by atoms with E-state index >= 15 is 0 Å². The van der Waals surface area contributed by atoms with Gasteiger partial charge in [-0.05, 0) is 47.7 Å².